The summed E-state index contributed by atoms with van der Waals surface area (Å²) in [5.74, 6) is 1.64. The van der Waals surface area contributed by atoms with Gasteiger partial charge in [0.1, 0.15) is 5.75 Å². The van der Waals surface area contributed by atoms with Gasteiger partial charge in [-0.1, -0.05) is 30.3 Å². The molecule has 1 N–H and O–H groups in total. The third-order valence-corrected chi connectivity index (χ3v) is 5.08. The maximum absolute atomic E-state index is 9.69. The molecule has 3 nitrogen and oxygen atoms in total. The molecule has 2 aromatic carbocycles. The van der Waals surface area contributed by atoms with Crippen LogP contribution in [0.3, 0.4) is 0 Å². The highest BCUT2D eigenvalue weighted by Gasteiger charge is 2.11. The number of para-hydroxylation sites is 1. The third-order valence-electron chi connectivity index (χ3n) is 3.75. The number of hydrogen-bond donors (Lipinski definition) is 1. The lowest BCUT2D eigenvalue weighted by Crippen LogP contribution is -2.00. The van der Waals surface area contributed by atoms with Crippen LogP contribution in [0.25, 0.3) is 10.9 Å². The van der Waals surface area contributed by atoms with Crippen LogP contribution in [0, 0.1) is 0 Å². The number of pyridine rings is 1. The second kappa shape index (κ2) is 7.49. The Morgan fingerprint density at radius 3 is 2.65 bits per heavy atom. The van der Waals surface area contributed by atoms with Gasteiger partial charge in [-0.05, 0) is 35.4 Å². The van der Waals surface area contributed by atoms with Crippen molar-refractivity contribution in [3.8, 4) is 5.75 Å². The van der Waals surface area contributed by atoms with Crippen molar-refractivity contribution >= 4 is 22.7 Å². The Balaban J connectivity index is 1.70. The summed E-state index contributed by atoms with van der Waals surface area (Å²) in [5.41, 5.74) is 3.28. The Morgan fingerprint density at radius 2 is 1.91 bits per heavy atom. The summed E-state index contributed by atoms with van der Waals surface area (Å²) in [6, 6.07) is 18.1. The molecule has 0 aliphatic heterocycles. The van der Waals surface area contributed by atoms with Gasteiger partial charge >= 0.3 is 0 Å². The molecule has 0 spiro atoms. The number of aromatic nitrogens is 1. The monoisotopic (exact) mass is 325 g/mol. The van der Waals surface area contributed by atoms with Crippen molar-refractivity contribution in [3.63, 3.8) is 0 Å². The quantitative estimate of drug-likeness (QED) is 0.737. The second-order valence-electron chi connectivity index (χ2n) is 5.29. The molecule has 1 heterocycles. The van der Waals surface area contributed by atoms with E-state index in [-0.39, 0.29) is 11.9 Å². The number of aliphatic hydroxyl groups excluding tert-OH is 1. The van der Waals surface area contributed by atoms with Gasteiger partial charge in [0.05, 0.1) is 24.5 Å². The SMILES string of the molecule is COc1ccc(C(CO)SCc2cnc3ccccc3c2)cc1. The Kier molecular flexibility index (Phi) is 5.16. The molecule has 0 radical (unpaired) electrons. The van der Waals surface area contributed by atoms with E-state index in [2.05, 4.69) is 17.1 Å². The van der Waals surface area contributed by atoms with Gasteiger partial charge in [0.25, 0.3) is 0 Å². The molecule has 0 aliphatic carbocycles. The largest absolute Gasteiger partial charge is 0.497 e. The molecule has 1 atom stereocenters. The molecule has 0 saturated carbocycles. The summed E-state index contributed by atoms with van der Waals surface area (Å²) < 4.78 is 5.18. The van der Waals surface area contributed by atoms with Crippen LogP contribution in [0.5, 0.6) is 5.75 Å². The average Bonchev–Trinajstić information content (AvgIpc) is 2.62. The van der Waals surface area contributed by atoms with E-state index in [0.717, 1.165) is 28.0 Å². The first-order chi connectivity index (χ1) is 11.3. The van der Waals surface area contributed by atoms with Gasteiger partial charge in [0.15, 0.2) is 0 Å². The zero-order valence-electron chi connectivity index (χ0n) is 13.0. The Bertz CT molecular complexity index is 774. The van der Waals surface area contributed by atoms with Gasteiger partial charge in [-0.3, -0.25) is 4.98 Å². The zero-order chi connectivity index (χ0) is 16.1. The number of aliphatic hydroxyl groups is 1. The van der Waals surface area contributed by atoms with Crippen molar-refractivity contribution in [1.29, 1.82) is 0 Å². The molecular formula is C19H19NO2S. The fraction of sp³-hybridized carbons (Fsp3) is 0.211. The average molecular weight is 325 g/mol. The predicted octanol–water partition coefficient (Wildman–Crippen LogP) is 4.21. The predicted molar refractivity (Wildman–Crippen MR) is 95.9 cm³/mol. The minimum Gasteiger partial charge on any atom is -0.497 e. The van der Waals surface area contributed by atoms with Crippen LogP contribution in [0.4, 0.5) is 0 Å². The molecule has 1 unspecified atom stereocenters. The van der Waals surface area contributed by atoms with Gasteiger partial charge in [-0.25, -0.2) is 0 Å². The fourth-order valence-corrected chi connectivity index (χ4v) is 3.47. The number of ether oxygens (including phenoxy) is 1. The molecule has 23 heavy (non-hydrogen) atoms. The molecule has 4 heteroatoms. The lowest BCUT2D eigenvalue weighted by molar-refractivity contribution is 0.296. The van der Waals surface area contributed by atoms with Gasteiger partial charge in [-0.15, -0.1) is 11.8 Å². The highest BCUT2D eigenvalue weighted by atomic mass is 32.2. The number of thioether (sulfide) groups is 1. The molecule has 0 amide bonds. The van der Waals surface area contributed by atoms with Crippen LogP contribution in [-0.4, -0.2) is 23.8 Å². The minimum absolute atomic E-state index is 0.0485. The highest BCUT2D eigenvalue weighted by Crippen LogP contribution is 2.32. The first-order valence-corrected chi connectivity index (χ1v) is 8.55. The van der Waals surface area contributed by atoms with Gasteiger partial charge < -0.3 is 9.84 Å². The van der Waals surface area contributed by atoms with Gasteiger partial charge in [-0.2, -0.15) is 0 Å². The van der Waals surface area contributed by atoms with Crippen LogP contribution in [0.2, 0.25) is 0 Å². The molecule has 3 rings (SSSR count). The van der Waals surface area contributed by atoms with E-state index in [0.29, 0.717) is 0 Å². The summed E-state index contributed by atoms with van der Waals surface area (Å²) in [6.07, 6.45) is 1.91. The van der Waals surface area contributed by atoms with Gasteiger partial charge in [0.2, 0.25) is 0 Å². The summed E-state index contributed by atoms with van der Waals surface area (Å²) in [5, 5.41) is 10.9. The molecular weight excluding hydrogens is 306 g/mol. The van der Waals surface area contributed by atoms with Crippen LogP contribution in [-0.2, 0) is 5.75 Å². The van der Waals surface area contributed by atoms with Crippen LogP contribution in [0.15, 0.2) is 60.8 Å². The fourth-order valence-electron chi connectivity index (χ4n) is 2.47. The number of methoxy groups -OCH3 is 1. The maximum Gasteiger partial charge on any atom is 0.118 e. The zero-order valence-corrected chi connectivity index (χ0v) is 13.8. The van der Waals surface area contributed by atoms with E-state index in [4.69, 9.17) is 4.74 Å². The van der Waals surface area contributed by atoms with E-state index in [1.165, 1.54) is 5.56 Å². The van der Waals surface area contributed by atoms with E-state index in [1.54, 1.807) is 18.9 Å². The normalized spacial score (nSPS) is 12.3. The number of nitrogens with zero attached hydrogens (tertiary/aromatic N) is 1. The molecule has 118 valence electrons. The van der Waals surface area contributed by atoms with E-state index in [1.807, 2.05) is 48.7 Å². The van der Waals surface area contributed by atoms with Crippen LogP contribution in [0.1, 0.15) is 16.4 Å². The van der Waals surface area contributed by atoms with Crippen molar-refractivity contribution in [2.45, 2.75) is 11.0 Å². The highest BCUT2D eigenvalue weighted by molar-refractivity contribution is 7.98. The molecule has 0 bridgehead atoms. The van der Waals surface area contributed by atoms with Crippen molar-refractivity contribution in [2.75, 3.05) is 13.7 Å². The first-order valence-electron chi connectivity index (χ1n) is 7.50. The van der Waals surface area contributed by atoms with Crippen LogP contribution >= 0.6 is 11.8 Å². The molecule has 0 aliphatic rings. The lowest BCUT2D eigenvalue weighted by atomic mass is 10.1. The van der Waals surface area contributed by atoms with E-state index < -0.39 is 0 Å². The Hall–Kier alpha value is -2.04. The Morgan fingerprint density at radius 1 is 1.13 bits per heavy atom. The third kappa shape index (κ3) is 3.84. The Labute approximate surface area is 140 Å². The van der Waals surface area contributed by atoms with Crippen molar-refractivity contribution in [1.82, 2.24) is 4.98 Å². The molecule has 3 aromatic rings. The minimum atomic E-state index is 0.0485. The maximum atomic E-state index is 9.69. The number of hydrogen-bond acceptors (Lipinski definition) is 4. The standard InChI is InChI=1S/C19H19NO2S/c1-22-17-8-6-15(7-9-17)19(12-21)23-13-14-10-16-4-2-3-5-18(16)20-11-14/h2-11,19,21H,12-13H2,1H3. The van der Waals surface area contributed by atoms with Crippen molar-refractivity contribution < 1.29 is 9.84 Å². The molecule has 1 aromatic heterocycles. The second-order valence-corrected chi connectivity index (χ2v) is 6.48. The molecule has 0 saturated heterocycles. The lowest BCUT2D eigenvalue weighted by Gasteiger charge is -2.15. The summed E-state index contributed by atoms with van der Waals surface area (Å²) in [6.45, 7) is 0.109. The van der Waals surface area contributed by atoms with Crippen molar-refractivity contribution in [2.24, 2.45) is 0 Å². The summed E-state index contributed by atoms with van der Waals surface area (Å²) in [4.78, 5) is 4.49. The smallest absolute Gasteiger partial charge is 0.118 e. The number of benzene rings is 2. The van der Waals surface area contributed by atoms with Crippen LogP contribution < -0.4 is 4.74 Å². The molecule has 0 fully saturated rings. The number of fused-ring (bicyclic) bond motifs is 1. The van der Waals surface area contributed by atoms with Crippen molar-refractivity contribution in [3.05, 3.63) is 71.9 Å². The number of rotatable bonds is 6. The van der Waals surface area contributed by atoms with E-state index >= 15 is 0 Å². The summed E-state index contributed by atoms with van der Waals surface area (Å²) in [7, 11) is 1.65. The first kappa shape index (κ1) is 15.8. The summed E-state index contributed by atoms with van der Waals surface area (Å²) >= 11 is 1.72. The van der Waals surface area contributed by atoms with Gasteiger partial charge in [0, 0.05) is 17.3 Å². The topological polar surface area (TPSA) is 42.4 Å². The van der Waals surface area contributed by atoms with E-state index in [9.17, 15) is 5.11 Å².